The minimum atomic E-state index is 1.27. The van der Waals surface area contributed by atoms with Gasteiger partial charge in [0.05, 0.1) is 0 Å². The second-order valence-electron chi connectivity index (χ2n) is 3.51. The molecule has 2 heteroatoms. The fourth-order valence-electron chi connectivity index (χ4n) is 1.68. The largest absolute Gasteiger partial charge is 0.357 e. The minimum absolute atomic E-state index is 1.27. The fourth-order valence-corrected chi connectivity index (χ4v) is 2.51. The Kier molecular flexibility index (Phi) is 2.10. The molecule has 0 aliphatic rings. The van der Waals surface area contributed by atoms with Gasteiger partial charge in [-0.15, -0.1) is 0 Å². The molecule has 0 aliphatic carbocycles. The number of H-pyrrole nitrogens is 1. The third kappa shape index (κ3) is 1.27. The van der Waals surface area contributed by atoms with Crippen LogP contribution in [0.15, 0.2) is 12.1 Å². The third-order valence-corrected chi connectivity index (χ3v) is 3.83. The van der Waals surface area contributed by atoms with E-state index < -0.39 is 0 Å². The van der Waals surface area contributed by atoms with Gasteiger partial charge in [0.25, 0.3) is 0 Å². The van der Waals surface area contributed by atoms with E-state index in [1.807, 2.05) is 0 Å². The summed E-state index contributed by atoms with van der Waals surface area (Å²) in [5.41, 5.74) is 5.25. The van der Waals surface area contributed by atoms with E-state index in [1.165, 1.54) is 31.3 Å². The quantitative estimate of drug-likeness (QED) is 0.710. The Labute approximate surface area is 91.7 Å². The molecule has 1 aromatic carbocycles. The summed E-state index contributed by atoms with van der Waals surface area (Å²) in [5, 5.41) is 1.39. The minimum Gasteiger partial charge on any atom is -0.357 e. The van der Waals surface area contributed by atoms with Crippen molar-refractivity contribution in [3.8, 4) is 0 Å². The van der Waals surface area contributed by atoms with Gasteiger partial charge in [-0.2, -0.15) is 0 Å². The second-order valence-corrected chi connectivity index (χ2v) is 4.59. The zero-order valence-electron chi connectivity index (χ0n) is 8.03. The number of hydrogen-bond donors (Lipinski definition) is 1. The van der Waals surface area contributed by atoms with Crippen molar-refractivity contribution in [1.82, 2.24) is 4.98 Å². The molecule has 68 valence electrons. The SMILES string of the molecule is Cc1[nH]c2c(C)ccc(C)c2c1I. The lowest BCUT2D eigenvalue weighted by Crippen LogP contribution is -1.80. The van der Waals surface area contributed by atoms with Crippen LogP contribution < -0.4 is 0 Å². The molecule has 2 rings (SSSR count). The number of aromatic nitrogens is 1. The Bertz CT molecular complexity index is 468. The third-order valence-electron chi connectivity index (χ3n) is 2.48. The molecule has 1 aromatic heterocycles. The van der Waals surface area contributed by atoms with E-state index >= 15 is 0 Å². The highest BCUT2D eigenvalue weighted by atomic mass is 127. The van der Waals surface area contributed by atoms with E-state index in [9.17, 15) is 0 Å². The van der Waals surface area contributed by atoms with E-state index in [1.54, 1.807) is 0 Å². The molecule has 0 unspecified atom stereocenters. The highest BCUT2D eigenvalue weighted by molar-refractivity contribution is 14.1. The summed E-state index contributed by atoms with van der Waals surface area (Å²) in [5.74, 6) is 0. The van der Waals surface area contributed by atoms with Gasteiger partial charge in [0.15, 0.2) is 0 Å². The van der Waals surface area contributed by atoms with Gasteiger partial charge in [-0.3, -0.25) is 0 Å². The number of hydrogen-bond acceptors (Lipinski definition) is 0. The summed E-state index contributed by atoms with van der Waals surface area (Å²) < 4.78 is 1.36. The van der Waals surface area contributed by atoms with Gasteiger partial charge in [-0.25, -0.2) is 0 Å². The first kappa shape index (κ1) is 9.06. The van der Waals surface area contributed by atoms with E-state index in [0.29, 0.717) is 0 Å². The van der Waals surface area contributed by atoms with Crippen LogP contribution >= 0.6 is 22.6 Å². The molecule has 0 bridgehead atoms. The standard InChI is InChI=1S/C11H12IN/c1-6-4-5-7(2)11-9(6)10(12)8(3)13-11/h4-5,13H,1-3H3. The molecule has 0 saturated heterocycles. The molecule has 13 heavy (non-hydrogen) atoms. The van der Waals surface area contributed by atoms with Gasteiger partial charge in [-0.1, -0.05) is 12.1 Å². The van der Waals surface area contributed by atoms with Gasteiger partial charge in [-0.05, 0) is 54.5 Å². The first-order valence-corrected chi connectivity index (χ1v) is 5.43. The molecule has 0 fully saturated rings. The van der Waals surface area contributed by atoms with Gasteiger partial charge in [0, 0.05) is 20.2 Å². The number of rotatable bonds is 0. The lowest BCUT2D eigenvalue weighted by Gasteiger charge is -1.99. The maximum atomic E-state index is 3.43. The average molecular weight is 285 g/mol. The lowest BCUT2D eigenvalue weighted by atomic mass is 10.1. The molecule has 0 amide bonds. The Morgan fingerprint density at radius 1 is 1.08 bits per heavy atom. The molecule has 1 nitrogen and oxygen atoms in total. The van der Waals surface area contributed by atoms with Crippen LogP contribution in [0.5, 0.6) is 0 Å². The molecule has 0 atom stereocenters. The molecule has 0 aliphatic heterocycles. The molecule has 0 radical (unpaired) electrons. The first-order valence-electron chi connectivity index (χ1n) is 4.35. The van der Waals surface area contributed by atoms with Crippen molar-refractivity contribution in [3.63, 3.8) is 0 Å². The van der Waals surface area contributed by atoms with Crippen LogP contribution in [0.2, 0.25) is 0 Å². The van der Waals surface area contributed by atoms with E-state index in [2.05, 4.69) is 60.5 Å². The van der Waals surface area contributed by atoms with E-state index in [4.69, 9.17) is 0 Å². The first-order chi connectivity index (χ1) is 6.11. The maximum absolute atomic E-state index is 3.43. The summed E-state index contributed by atoms with van der Waals surface area (Å²) in [6.07, 6.45) is 0. The fraction of sp³-hybridized carbons (Fsp3) is 0.273. The summed E-state index contributed by atoms with van der Waals surface area (Å²) in [6, 6.07) is 4.36. The summed E-state index contributed by atoms with van der Waals surface area (Å²) >= 11 is 2.41. The molecule has 2 aromatic rings. The Balaban J connectivity index is 3.00. The summed E-state index contributed by atoms with van der Waals surface area (Å²) in [6.45, 7) is 6.44. The zero-order chi connectivity index (χ0) is 9.59. The zero-order valence-corrected chi connectivity index (χ0v) is 10.2. The molecule has 0 saturated carbocycles. The number of nitrogens with one attached hydrogen (secondary N) is 1. The average Bonchev–Trinajstić information content (AvgIpc) is 2.38. The van der Waals surface area contributed by atoms with Crippen molar-refractivity contribution in [2.75, 3.05) is 0 Å². The number of aromatic amines is 1. The molecule has 1 heterocycles. The van der Waals surface area contributed by atoms with Crippen molar-refractivity contribution in [1.29, 1.82) is 0 Å². The van der Waals surface area contributed by atoms with Crippen molar-refractivity contribution in [3.05, 3.63) is 32.5 Å². The monoisotopic (exact) mass is 285 g/mol. The van der Waals surface area contributed by atoms with Crippen LogP contribution in [-0.2, 0) is 0 Å². The highest BCUT2D eigenvalue weighted by Gasteiger charge is 2.08. The molecule has 0 spiro atoms. The van der Waals surface area contributed by atoms with Gasteiger partial charge in [0.2, 0.25) is 0 Å². The predicted octanol–water partition coefficient (Wildman–Crippen LogP) is 3.70. The van der Waals surface area contributed by atoms with Crippen molar-refractivity contribution < 1.29 is 0 Å². The van der Waals surface area contributed by atoms with Crippen LogP contribution in [0.4, 0.5) is 0 Å². The van der Waals surface area contributed by atoms with Crippen LogP contribution in [-0.4, -0.2) is 4.98 Å². The smallest absolute Gasteiger partial charge is 0.0499 e. The topological polar surface area (TPSA) is 15.8 Å². The Morgan fingerprint density at radius 3 is 2.31 bits per heavy atom. The lowest BCUT2D eigenvalue weighted by molar-refractivity contribution is 1.27. The summed E-state index contributed by atoms with van der Waals surface area (Å²) in [7, 11) is 0. The van der Waals surface area contributed by atoms with Gasteiger partial charge in [0.1, 0.15) is 0 Å². The number of halogens is 1. The van der Waals surface area contributed by atoms with Crippen LogP contribution in [0.25, 0.3) is 10.9 Å². The van der Waals surface area contributed by atoms with Gasteiger partial charge >= 0.3 is 0 Å². The predicted molar refractivity (Wildman–Crippen MR) is 65.2 cm³/mol. The van der Waals surface area contributed by atoms with E-state index in [-0.39, 0.29) is 0 Å². The number of aryl methyl sites for hydroxylation is 3. The number of benzene rings is 1. The Morgan fingerprint density at radius 2 is 1.69 bits per heavy atom. The summed E-state index contributed by atoms with van der Waals surface area (Å²) in [4.78, 5) is 3.43. The molecular weight excluding hydrogens is 273 g/mol. The van der Waals surface area contributed by atoms with E-state index in [0.717, 1.165) is 0 Å². The molecule has 1 N–H and O–H groups in total. The number of fused-ring (bicyclic) bond motifs is 1. The maximum Gasteiger partial charge on any atom is 0.0499 e. The van der Waals surface area contributed by atoms with Crippen molar-refractivity contribution in [2.24, 2.45) is 0 Å². The van der Waals surface area contributed by atoms with Crippen LogP contribution in [0.1, 0.15) is 16.8 Å². The van der Waals surface area contributed by atoms with Crippen molar-refractivity contribution >= 4 is 33.5 Å². The van der Waals surface area contributed by atoms with Crippen molar-refractivity contribution in [2.45, 2.75) is 20.8 Å². The second kappa shape index (κ2) is 3.01. The molecular formula is C11H12IN. The van der Waals surface area contributed by atoms with Crippen LogP contribution in [0.3, 0.4) is 0 Å². The van der Waals surface area contributed by atoms with Crippen LogP contribution in [0, 0.1) is 24.3 Å². The van der Waals surface area contributed by atoms with Gasteiger partial charge < -0.3 is 4.98 Å². The normalized spacial score (nSPS) is 11.1. The Hall–Kier alpha value is -0.510. The highest BCUT2D eigenvalue weighted by Crippen LogP contribution is 2.28.